The van der Waals surface area contributed by atoms with E-state index in [0.29, 0.717) is 5.75 Å². The van der Waals surface area contributed by atoms with Crippen LogP contribution in [-0.2, 0) is 20.9 Å². The van der Waals surface area contributed by atoms with Crippen molar-refractivity contribution in [2.45, 2.75) is 39.5 Å². The highest BCUT2D eigenvalue weighted by atomic mass is 19.1. The number of aryl methyl sites for hydroxylation is 1. The SMILES string of the molecule is Cc1cccc(O[C@H](C)C(=O)O[C@H](C)C(=O)NCc2ccc(F)cc2)c1. The molecular weight excluding hydrogens is 337 g/mol. The van der Waals surface area contributed by atoms with Gasteiger partial charge in [0, 0.05) is 6.54 Å². The van der Waals surface area contributed by atoms with E-state index in [4.69, 9.17) is 9.47 Å². The standard InChI is InChI=1S/C20H22FNO4/c1-13-5-4-6-18(11-13)25-15(3)20(24)26-14(2)19(23)22-12-16-7-9-17(21)10-8-16/h4-11,14-15H,12H2,1-3H3,(H,22,23)/t14-,15-/m1/s1. The predicted molar refractivity (Wildman–Crippen MR) is 95.1 cm³/mol. The molecule has 2 rings (SSSR count). The Morgan fingerprint density at radius 1 is 1.08 bits per heavy atom. The van der Waals surface area contributed by atoms with Gasteiger partial charge in [-0.3, -0.25) is 4.79 Å². The van der Waals surface area contributed by atoms with Crippen molar-refractivity contribution in [1.29, 1.82) is 0 Å². The molecule has 2 atom stereocenters. The maximum atomic E-state index is 12.9. The van der Waals surface area contributed by atoms with Gasteiger partial charge in [-0.25, -0.2) is 9.18 Å². The van der Waals surface area contributed by atoms with Gasteiger partial charge in [-0.05, 0) is 56.2 Å². The zero-order chi connectivity index (χ0) is 19.1. The van der Waals surface area contributed by atoms with Gasteiger partial charge in [0.2, 0.25) is 0 Å². The van der Waals surface area contributed by atoms with E-state index in [9.17, 15) is 14.0 Å². The van der Waals surface area contributed by atoms with E-state index in [0.717, 1.165) is 11.1 Å². The number of hydrogen-bond donors (Lipinski definition) is 1. The molecule has 26 heavy (non-hydrogen) atoms. The molecule has 0 bridgehead atoms. The summed E-state index contributed by atoms with van der Waals surface area (Å²) >= 11 is 0. The monoisotopic (exact) mass is 359 g/mol. The van der Waals surface area contributed by atoms with Crippen LogP contribution in [0, 0.1) is 12.7 Å². The molecule has 0 aromatic heterocycles. The van der Waals surface area contributed by atoms with Gasteiger partial charge in [-0.15, -0.1) is 0 Å². The lowest BCUT2D eigenvalue weighted by molar-refractivity contribution is -0.160. The van der Waals surface area contributed by atoms with Crippen LogP contribution in [0.2, 0.25) is 0 Å². The van der Waals surface area contributed by atoms with Gasteiger partial charge in [0.05, 0.1) is 0 Å². The summed E-state index contributed by atoms with van der Waals surface area (Å²) < 4.78 is 23.5. The molecule has 5 nitrogen and oxygen atoms in total. The average molecular weight is 359 g/mol. The average Bonchev–Trinajstić information content (AvgIpc) is 2.60. The molecule has 0 aliphatic rings. The summed E-state index contributed by atoms with van der Waals surface area (Å²) in [7, 11) is 0. The molecule has 0 fully saturated rings. The van der Waals surface area contributed by atoms with Crippen LogP contribution in [0.3, 0.4) is 0 Å². The van der Waals surface area contributed by atoms with Crippen molar-refractivity contribution >= 4 is 11.9 Å². The second kappa shape index (κ2) is 8.99. The second-order valence-corrected chi connectivity index (χ2v) is 6.00. The van der Waals surface area contributed by atoms with Crippen LogP contribution in [0.4, 0.5) is 4.39 Å². The highest BCUT2D eigenvalue weighted by molar-refractivity contribution is 5.84. The number of rotatable bonds is 7. The van der Waals surface area contributed by atoms with Crippen molar-refractivity contribution in [1.82, 2.24) is 5.32 Å². The number of amides is 1. The van der Waals surface area contributed by atoms with Gasteiger partial charge in [0.25, 0.3) is 5.91 Å². The van der Waals surface area contributed by atoms with Gasteiger partial charge < -0.3 is 14.8 Å². The van der Waals surface area contributed by atoms with E-state index >= 15 is 0 Å². The molecule has 1 amide bonds. The van der Waals surface area contributed by atoms with Crippen LogP contribution < -0.4 is 10.1 Å². The third kappa shape index (κ3) is 5.88. The van der Waals surface area contributed by atoms with Gasteiger partial charge in [0.1, 0.15) is 11.6 Å². The fourth-order valence-electron chi connectivity index (χ4n) is 2.20. The van der Waals surface area contributed by atoms with Crippen molar-refractivity contribution in [3.05, 3.63) is 65.5 Å². The third-order valence-corrected chi connectivity index (χ3v) is 3.68. The zero-order valence-electron chi connectivity index (χ0n) is 15.0. The molecule has 1 N–H and O–H groups in total. The quantitative estimate of drug-likeness (QED) is 0.772. The zero-order valence-corrected chi connectivity index (χ0v) is 15.0. The molecule has 0 aliphatic heterocycles. The van der Waals surface area contributed by atoms with Crippen LogP contribution in [0.15, 0.2) is 48.5 Å². The Balaban J connectivity index is 1.81. The maximum Gasteiger partial charge on any atom is 0.347 e. The summed E-state index contributed by atoms with van der Waals surface area (Å²) in [6.07, 6.45) is -1.81. The topological polar surface area (TPSA) is 64.6 Å². The molecule has 0 spiro atoms. The van der Waals surface area contributed by atoms with Crippen LogP contribution in [0.1, 0.15) is 25.0 Å². The molecule has 2 aromatic carbocycles. The van der Waals surface area contributed by atoms with Crippen LogP contribution in [-0.4, -0.2) is 24.1 Å². The van der Waals surface area contributed by atoms with E-state index in [1.54, 1.807) is 25.1 Å². The molecule has 6 heteroatoms. The Bertz CT molecular complexity index is 761. The van der Waals surface area contributed by atoms with E-state index in [2.05, 4.69) is 5.32 Å². The van der Waals surface area contributed by atoms with Crippen molar-refractivity contribution in [3.63, 3.8) is 0 Å². The molecule has 2 aromatic rings. The number of ether oxygens (including phenoxy) is 2. The van der Waals surface area contributed by atoms with E-state index < -0.39 is 24.1 Å². The first-order valence-corrected chi connectivity index (χ1v) is 8.31. The Morgan fingerprint density at radius 2 is 1.77 bits per heavy atom. The molecule has 0 aliphatic carbocycles. The van der Waals surface area contributed by atoms with E-state index in [-0.39, 0.29) is 12.4 Å². The number of esters is 1. The van der Waals surface area contributed by atoms with E-state index in [1.807, 2.05) is 25.1 Å². The normalized spacial score (nSPS) is 12.8. The summed E-state index contributed by atoms with van der Waals surface area (Å²) in [6, 6.07) is 13.1. The Morgan fingerprint density at radius 3 is 2.42 bits per heavy atom. The second-order valence-electron chi connectivity index (χ2n) is 6.00. The summed E-state index contributed by atoms with van der Waals surface area (Å²) in [6.45, 7) is 5.19. The van der Waals surface area contributed by atoms with Gasteiger partial charge >= 0.3 is 5.97 Å². The number of carbonyl (C=O) groups is 2. The lowest BCUT2D eigenvalue weighted by Crippen LogP contribution is -2.38. The minimum Gasteiger partial charge on any atom is -0.479 e. The number of halogens is 1. The van der Waals surface area contributed by atoms with Gasteiger partial charge in [0.15, 0.2) is 12.2 Å². The molecule has 0 heterocycles. The highest BCUT2D eigenvalue weighted by Gasteiger charge is 2.23. The van der Waals surface area contributed by atoms with Crippen molar-refractivity contribution in [3.8, 4) is 5.75 Å². The first kappa shape index (κ1) is 19.4. The lowest BCUT2D eigenvalue weighted by Gasteiger charge is -2.18. The van der Waals surface area contributed by atoms with Gasteiger partial charge in [-0.2, -0.15) is 0 Å². The first-order valence-electron chi connectivity index (χ1n) is 8.31. The van der Waals surface area contributed by atoms with Crippen molar-refractivity contribution < 1.29 is 23.5 Å². The van der Waals surface area contributed by atoms with Crippen LogP contribution >= 0.6 is 0 Å². The molecule has 0 saturated heterocycles. The molecule has 0 saturated carbocycles. The number of benzene rings is 2. The fourth-order valence-corrected chi connectivity index (χ4v) is 2.20. The molecule has 0 radical (unpaired) electrons. The Labute approximate surface area is 152 Å². The smallest absolute Gasteiger partial charge is 0.347 e. The largest absolute Gasteiger partial charge is 0.479 e. The first-order chi connectivity index (χ1) is 12.3. The summed E-state index contributed by atoms with van der Waals surface area (Å²) in [5.74, 6) is -0.853. The Kier molecular flexibility index (Phi) is 6.72. The van der Waals surface area contributed by atoms with Crippen molar-refractivity contribution in [2.75, 3.05) is 0 Å². The summed E-state index contributed by atoms with van der Waals surface area (Å²) in [5.41, 5.74) is 1.76. The predicted octanol–water partition coefficient (Wildman–Crippen LogP) is 3.15. The lowest BCUT2D eigenvalue weighted by atomic mass is 10.2. The van der Waals surface area contributed by atoms with Crippen LogP contribution in [0.25, 0.3) is 0 Å². The van der Waals surface area contributed by atoms with Crippen LogP contribution in [0.5, 0.6) is 5.75 Å². The summed E-state index contributed by atoms with van der Waals surface area (Å²) in [5, 5.41) is 2.64. The molecule has 0 unspecified atom stereocenters. The summed E-state index contributed by atoms with van der Waals surface area (Å²) in [4.78, 5) is 24.1. The third-order valence-electron chi connectivity index (χ3n) is 3.68. The fraction of sp³-hybridized carbons (Fsp3) is 0.300. The Hall–Kier alpha value is -2.89. The number of hydrogen-bond acceptors (Lipinski definition) is 4. The minimum atomic E-state index is -0.966. The van der Waals surface area contributed by atoms with E-state index in [1.165, 1.54) is 19.1 Å². The molecular formula is C20H22FNO4. The molecule has 138 valence electrons. The number of carbonyl (C=O) groups excluding carboxylic acids is 2. The van der Waals surface area contributed by atoms with Crippen molar-refractivity contribution in [2.24, 2.45) is 0 Å². The van der Waals surface area contributed by atoms with Gasteiger partial charge in [-0.1, -0.05) is 24.3 Å². The minimum absolute atomic E-state index is 0.219. The maximum absolute atomic E-state index is 12.9. The number of nitrogens with one attached hydrogen (secondary N) is 1. The highest BCUT2D eigenvalue weighted by Crippen LogP contribution is 2.15.